The predicted octanol–water partition coefficient (Wildman–Crippen LogP) is 3.85. The maximum Gasteiger partial charge on any atom is 0.224 e. The molecule has 0 atom stereocenters. The second-order valence-electron chi connectivity index (χ2n) is 4.15. The van der Waals surface area contributed by atoms with Crippen molar-refractivity contribution >= 4 is 21.8 Å². The highest BCUT2D eigenvalue weighted by Gasteiger charge is 2.27. The lowest BCUT2D eigenvalue weighted by molar-refractivity contribution is -0.125. The highest BCUT2D eigenvalue weighted by Crippen LogP contribution is 2.27. The number of hydrogen-bond donors (Lipinski definition) is 0. The average molecular weight is 282 g/mol. The van der Waals surface area contributed by atoms with Crippen molar-refractivity contribution in [2.24, 2.45) is 10.5 Å². The number of carbonyl (C=O) groups excluding carboxylic acids is 1. The normalized spacial score (nSPS) is 10.7. The second-order valence-corrected chi connectivity index (χ2v) is 5.00. The molecule has 0 heterocycles. The van der Waals surface area contributed by atoms with E-state index in [1.54, 1.807) is 13.8 Å². The van der Waals surface area contributed by atoms with Crippen molar-refractivity contribution in [3.05, 3.63) is 44.7 Å². The molecule has 0 fully saturated rings. The molecule has 0 aliphatic heterocycles. The largest absolute Gasteiger partial charge is 0.292 e. The summed E-state index contributed by atoms with van der Waals surface area (Å²) in [5, 5.41) is 3.15. The van der Waals surface area contributed by atoms with Crippen molar-refractivity contribution in [3.63, 3.8) is 0 Å². The van der Waals surface area contributed by atoms with E-state index >= 15 is 0 Å². The Morgan fingerprint density at radius 2 is 2.12 bits per heavy atom. The zero-order valence-electron chi connectivity index (χ0n) is 9.14. The molecule has 16 heavy (non-hydrogen) atoms. The molecule has 1 amide bonds. The molecule has 0 aliphatic rings. The summed E-state index contributed by atoms with van der Waals surface area (Å²) in [6.07, 6.45) is 0.534. The number of rotatable bonds is 3. The molecule has 0 N–H and O–H groups in total. The van der Waals surface area contributed by atoms with Gasteiger partial charge in [0, 0.05) is 14.8 Å². The van der Waals surface area contributed by atoms with E-state index in [1.807, 2.05) is 24.3 Å². The van der Waals surface area contributed by atoms with E-state index < -0.39 is 11.3 Å². The number of hydrogen-bond acceptors (Lipinski definition) is 1. The smallest absolute Gasteiger partial charge is 0.224 e. The van der Waals surface area contributed by atoms with Crippen molar-refractivity contribution in [3.8, 4) is 0 Å². The van der Waals surface area contributed by atoms with Crippen LogP contribution in [0.2, 0.25) is 0 Å². The van der Waals surface area contributed by atoms with Gasteiger partial charge in [-0.3, -0.25) is 4.79 Å². The quantitative estimate of drug-likeness (QED) is 0.471. The van der Waals surface area contributed by atoms with E-state index in [9.17, 15) is 4.79 Å². The first-order valence-corrected chi connectivity index (χ1v) is 5.59. The van der Waals surface area contributed by atoms with Gasteiger partial charge in [-0.2, -0.15) is 0 Å². The lowest BCUT2D eigenvalue weighted by atomic mass is 9.85. The summed E-state index contributed by atoms with van der Waals surface area (Å²) >= 11 is 3.42. The van der Waals surface area contributed by atoms with Crippen LogP contribution in [-0.2, 0) is 11.2 Å². The molecule has 0 saturated carbocycles. The number of nitrogens with zero attached hydrogens (tertiary/aromatic N) is 3. The van der Waals surface area contributed by atoms with E-state index in [4.69, 9.17) is 5.53 Å². The van der Waals surface area contributed by atoms with Crippen LogP contribution >= 0.6 is 15.9 Å². The van der Waals surface area contributed by atoms with Gasteiger partial charge in [-0.15, -0.1) is 0 Å². The van der Waals surface area contributed by atoms with E-state index in [0.29, 0.717) is 6.42 Å². The minimum atomic E-state index is -0.684. The molecule has 0 radical (unpaired) electrons. The molecular weight excluding hydrogens is 270 g/mol. The molecule has 0 aromatic heterocycles. The topological polar surface area (TPSA) is 65.8 Å². The summed E-state index contributed by atoms with van der Waals surface area (Å²) in [4.78, 5) is 14.1. The Balaban J connectivity index is 2.92. The van der Waals surface area contributed by atoms with E-state index in [-0.39, 0.29) is 0 Å². The number of halogens is 1. The Hall–Kier alpha value is -1.32. The van der Waals surface area contributed by atoms with Gasteiger partial charge in [-0.1, -0.05) is 48.0 Å². The second kappa shape index (κ2) is 5.14. The van der Waals surface area contributed by atoms with Gasteiger partial charge in [0.1, 0.15) is 0 Å². The van der Waals surface area contributed by atoms with Gasteiger partial charge in [0.2, 0.25) is 5.91 Å². The van der Waals surface area contributed by atoms with E-state index in [0.717, 1.165) is 10.0 Å². The minimum Gasteiger partial charge on any atom is -0.292 e. The van der Waals surface area contributed by atoms with Crippen LogP contribution in [0.15, 0.2) is 33.9 Å². The van der Waals surface area contributed by atoms with Crippen molar-refractivity contribution in [1.29, 1.82) is 0 Å². The first-order chi connectivity index (χ1) is 7.47. The average Bonchev–Trinajstić information content (AvgIpc) is 2.21. The van der Waals surface area contributed by atoms with Crippen LogP contribution in [-0.4, -0.2) is 5.91 Å². The molecule has 0 bridgehead atoms. The van der Waals surface area contributed by atoms with Crippen molar-refractivity contribution in [1.82, 2.24) is 0 Å². The lowest BCUT2D eigenvalue weighted by Gasteiger charge is -2.21. The molecule has 0 spiro atoms. The monoisotopic (exact) mass is 281 g/mol. The summed E-state index contributed by atoms with van der Waals surface area (Å²) in [7, 11) is 0. The summed E-state index contributed by atoms with van der Waals surface area (Å²) in [5.74, 6) is -0.439. The Bertz CT molecular complexity index is 450. The van der Waals surface area contributed by atoms with Crippen LogP contribution in [0.4, 0.5) is 0 Å². The van der Waals surface area contributed by atoms with E-state index in [1.165, 1.54) is 0 Å². The van der Waals surface area contributed by atoms with Crippen LogP contribution in [0.25, 0.3) is 10.4 Å². The molecule has 1 rings (SSSR count). The van der Waals surface area contributed by atoms with Gasteiger partial charge in [0.25, 0.3) is 0 Å². The van der Waals surface area contributed by atoms with Crippen molar-refractivity contribution < 1.29 is 4.79 Å². The third-order valence-electron chi connectivity index (χ3n) is 2.30. The van der Waals surface area contributed by atoms with Gasteiger partial charge in [0.05, 0.1) is 0 Å². The van der Waals surface area contributed by atoms with Gasteiger partial charge in [-0.05, 0) is 28.7 Å². The first kappa shape index (κ1) is 12.7. The van der Waals surface area contributed by atoms with Crippen LogP contribution in [0, 0.1) is 5.41 Å². The molecule has 0 unspecified atom stereocenters. The number of amides is 1. The highest BCUT2D eigenvalue weighted by molar-refractivity contribution is 9.10. The number of carbonyl (C=O) groups is 1. The molecular formula is C11H12BrN3O. The van der Waals surface area contributed by atoms with Gasteiger partial charge in [0.15, 0.2) is 0 Å². The first-order valence-electron chi connectivity index (χ1n) is 4.80. The Morgan fingerprint density at radius 3 is 2.69 bits per heavy atom. The standard InChI is InChI=1S/C11H12BrN3O/c1-11(2,10(16)14-15-13)7-8-5-3-4-6-9(8)12/h3-6H,7H2,1-2H3. The maximum absolute atomic E-state index is 11.5. The molecule has 0 saturated heterocycles. The third kappa shape index (κ3) is 3.08. The summed E-state index contributed by atoms with van der Waals surface area (Å²) in [6.45, 7) is 3.53. The summed E-state index contributed by atoms with van der Waals surface area (Å²) < 4.78 is 0.955. The molecule has 0 aliphatic carbocycles. The SMILES string of the molecule is CC(C)(Cc1ccccc1Br)C(=O)N=[N+]=[N-]. The van der Waals surface area contributed by atoms with Crippen LogP contribution in [0.3, 0.4) is 0 Å². The van der Waals surface area contributed by atoms with Crippen LogP contribution in [0.5, 0.6) is 0 Å². The Morgan fingerprint density at radius 1 is 1.50 bits per heavy atom. The van der Waals surface area contributed by atoms with Gasteiger partial charge < -0.3 is 0 Å². The van der Waals surface area contributed by atoms with Crippen molar-refractivity contribution in [2.45, 2.75) is 20.3 Å². The fourth-order valence-corrected chi connectivity index (χ4v) is 1.79. The molecule has 4 nitrogen and oxygen atoms in total. The van der Waals surface area contributed by atoms with Gasteiger partial charge in [-0.25, -0.2) is 0 Å². The lowest BCUT2D eigenvalue weighted by Crippen LogP contribution is -2.24. The Labute approximate surface area is 102 Å². The molecule has 1 aromatic carbocycles. The molecule has 5 heteroatoms. The van der Waals surface area contributed by atoms with Gasteiger partial charge >= 0.3 is 0 Å². The molecule has 84 valence electrons. The zero-order valence-corrected chi connectivity index (χ0v) is 10.7. The van der Waals surface area contributed by atoms with E-state index in [2.05, 4.69) is 26.0 Å². The summed E-state index contributed by atoms with van der Waals surface area (Å²) in [6, 6.07) is 7.68. The predicted molar refractivity (Wildman–Crippen MR) is 65.8 cm³/mol. The highest BCUT2D eigenvalue weighted by atomic mass is 79.9. The van der Waals surface area contributed by atoms with Crippen LogP contribution < -0.4 is 0 Å². The summed E-state index contributed by atoms with van der Waals surface area (Å²) in [5.41, 5.74) is 8.59. The van der Waals surface area contributed by atoms with Crippen molar-refractivity contribution in [2.75, 3.05) is 0 Å². The fourth-order valence-electron chi connectivity index (χ4n) is 1.37. The zero-order chi connectivity index (χ0) is 12.2. The minimum absolute atomic E-state index is 0.439. The van der Waals surface area contributed by atoms with Crippen LogP contribution in [0.1, 0.15) is 19.4 Å². The Kier molecular flexibility index (Phi) is 4.10. The fraction of sp³-hybridized carbons (Fsp3) is 0.364. The number of benzene rings is 1. The maximum atomic E-state index is 11.5. The number of azide groups is 1. The third-order valence-corrected chi connectivity index (χ3v) is 3.08. The molecule has 1 aromatic rings.